The summed E-state index contributed by atoms with van der Waals surface area (Å²) in [4.78, 5) is 136. The molecule has 0 bridgehead atoms. The number of esters is 2. The van der Waals surface area contributed by atoms with E-state index in [1.165, 1.54) is 0 Å². The molecule has 0 spiro atoms. The van der Waals surface area contributed by atoms with Crippen LogP contribution in [-0.4, -0.2) is 162 Å². The lowest BCUT2D eigenvalue weighted by atomic mass is 9.91. The Morgan fingerprint density at radius 3 is 0.734 bits per heavy atom. The van der Waals surface area contributed by atoms with Gasteiger partial charge in [0.15, 0.2) is 6.61 Å². The molecule has 0 aliphatic rings. The Kier molecular flexibility index (Phi) is 29.0. The summed E-state index contributed by atoms with van der Waals surface area (Å²) in [5, 5.41) is 0. The van der Waals surface area contributed by atoms with Crippen LogP contribution in [0.5, 0.6) is 0 Å². The molecule has 0 rings (SSSR count). The average molecular weight is 943 g/mol. The first-order valence-electron chi connectivity index (χ1n) is 16.6. The second-order valence-corrected chi connectivity index (χ2v) is 10.2. The van der Waals surface area contributed by atoms with Gasteiger partial charge in [-0.25, -0.2) is 52.7 Å². The van der Waals surface area contributed by atoms with Crippen molar-refractivity contribution in [3.63, 3.8) is 0 Å². The van der Waals surface area contributed by atoms with Crippen molar-refractivity contribution < 1.29 is 162 Å². The molecule has 0 radical (unpaired) electrons. The molecule has 0 saturated carbocycles. The van der Waals surface area contributed by atoms with Gasteiger partial charge in [0.2, 0.25) is 61.1 Å². The van der Waals surface area contributed by atoms with Gasteiger partial charge in [-0.3, -0.25) is 4.79 Å². The van der Waals surface area contributed by atoms with Gasteiger partial charge >= 0.3 is 73.5 Å². The van der Waals surface area contributed by atoms with Crippen LogP contribution < -0.4 is 0 Å². The van der Waals surface area contributed by atoms with E-state index in [1.807, 2.05) is 0 Å². The minimum Gasteiger partial charge on any atom is -0.466 e. The van der Waals surface area contributed by atoms with Crippen molar-refractivity contribution in [3.8, 4) is 0 Å². The van der Waals surface area contributed by atoms with Crippen LogP contribution in [0, 0.1) is 5.41 Å². The topological polar surface area (TPSA) is 408 Å². The number of methoxy groups -OCH3 is 1. The van der Waals surface area contributed by atoms with Crippen LogP contribution in [-0.2, 0) is 114 Å². The van der Waals surface area contributed by atoms with Gasteiger partial charge in [0.05, 0.1) is 12.5 Å². The van der Waals surface area contributed by atoms with Crippen LogP contribution in [0.1, 0.15) is 27.2 Å². The van der Waals surface area contributed by atoms with Crippen LogP contribution in [0.15, 0.2) is 0 Å². The van der Waals surface area contributed by atoms with Crippen molar-refractivity contribution in [1.29, 1.82) is 0 Å². The molecule has 0 unspecified atom stereocenters. The van der Waals surface area contributed by atoms with Crippen molar-refractivity contribution in [2.24, 2.45) is 5.41 Å². The molecule has 0 aromatic rings. The number of carbonyl (C=O) groups excluding carboxylic acids is 12. The van der Waals surface area contributed by atoms with Gasteiger partial charge in [-0.15, -0.1) is 0 Å². The molecule has 0 aliphatic carbocycles. The van der Waals surface area contributed by atoms with Crippen molar-refractivity contribution >= 4 is 73.5 Å². The lowest BCUT2D eigenvalue weighted by Crippen LogP contribution is -2.27. The van der Waals surface area contributed by atoms with E-state index in [-0.39, 0.29) is 13.2 Å². The van der Waals surface area contributed by atoms with Crippen LogP contribution in [0.2, 0.25) is 0 Å². The second kappa shape index (κ2) is 33.4. The van der Waals surface area contributed by atoms with Gasteiger partial charge in [-0.05, 0) is 20.3 Å². The van der Waals surface area contributed by atoms with E-state index < -0.39 is 147 Å². The second-order valence-electron chi connectivity index (χ2n) is 10.2. The van der Waals surface area contributed by atoms with Crippen LogP contribution >= 0.6 is 0 Å². The Balaban J connectivity index is 3.81. The van der Waals surface area contributed by atoms with Crippen molar-refractivity contribution in [3.05, 3.63) is 0 Å². The molecule has 0 aromatic carbocycles. The molecule has 0 fully saturated rings. The Hall–Kier alpha value is -8.36. The lowest BCUT2D eigenvalue weighted by molar-refractivity contribution is -0.155. The fourth-order valence-corrected chi connectivity index (χ4v) is 2.32. The summed E-state index contributed by atoms with van der Waals surface area (Å²) >= 11 is 0. The number of ether oxygens (including phenoxy) is 22. The van der Waals surface area contributed by atoms with Crippen LogP contribution in [0.3, 0.4) is 0 Å². The van der Waals surface area contributed by atoms with Crippen LogP contribution in [0.25, 0.3) is 0 Å². The first-order valence-corrected chi connectivity index (χ1v) is 16.6. The average Bonchev–Trinajstić information content (AvgIpc) is 3.24. The minimum absolute atomic E-state index is 0.244. The predicted octanol–water partition coefficient (Wildman–Crippen LogP) is 2.29. The van der Waals surface area contributed by atoms with Crippen molar-refractivity contribution in [2.75, 3.05) is 88.1 Å². The summed E-state index contributed by atoms with van der Waals surface area (Å²) in [5.41, 5.74) is -0.716. The fourth-order valence-electron chi connectivity index (χ4n) is 2.32. The third-order valence-electron chi connectivity index (χ3n) is 5.69. The van der Waals surface area contributed by atoms with Gasteiger partial charge in [-0.2, -0.15) is 0 Å². The van der Waals surface area contributed by atoms with Gasteiger partial charge in [-0.1, -0.05) is 6.92 Å². The highest BCUT2D eigenvalue weighted by Gasteiger charge is 2.27. The zero-order valence-electron chi connectivity index (χ0n) is 33.6. The standard InChI is InChI=1S/C30H38O34/c1-5-30(2,3)19(32)44-6-7-45-20(33)47-9-49-22(35)51-11-53-24(37)55-13-57-26(39)59-15-61-28(41)63-17-64-29(42)62-16-60-27(40)58-14-56-25(38)54-12-52-23(36)50-10-48-21(34)46-8-18(31)43-4/h5-17H2,1-4H3. The highest BCUT2D eigenvalue weighted by atomic mass is 16.9. The molecule has 64 heavy (non-hydrogen) atoms. The molecule has 0 heterocycles. The summed E-state index contributed by atoms with van der Waals surface area (Å²) in [6, 6.07) is 0. The molecular formula is C30H38O34. The molecular weight excluding hydrogens is 904 g/mol. The largest absolute Gasteiger partial charge is 0.514 e. The highest BCUT2D eigenvalue weighted by Crippen LogP contribution is 2.21. The quantitative estimate of drug-likeness (QED) is 0.0548. The normalized spacial score (nSPS) is 9.88. The van der Waals surface area contributed by atoms with Gasteiger partial charge in [0.1, 0.15) is 13.2 Å². The minimum atomic E-state index is -1.57. The third-order valence-corrected chi connectivity index (χ3v) is 5.69. The monoisotopic (exact) mass is 942 g/mol. The molecule has 0 N–H and O–H groups in total. The summed E-state index contributed by atoms with van der Waals surface area (Å²) in [5.74, 6) is -1.38. The van der Waals surface area contributed by atoms with Crippen molar-refractivity contribution in [2.45, 2.75) is 27.2 Å². The van der Waals surface area contributed by atoms with E-state index >= 15 is 0 Å². The molecule has 0 aromatic heterocycles. The molecule has 0 atom stereocenters. The molecule has 34 heteroatoms. The molecule has 34 nitrogen and oxygen atoms in total. The highest BCUT2D eigenvalue weighted by molar-refractivity contribution is 5.76. The molecule has 0 aliphatic heterocycles. The zero-order chi connectivity index (χ0) is 48.2. The maximum Gasteiger partial charge on any atom is 0.514 e. The Morgan fingerprint density at radius 1 is 0.312 bits per heavy atom. The molecule has 0 amide bonds. The van der Waals surface area contributed by atoms with E-state index in [1.54, 1.807) is 20.8 Å². The van der Waals surface area contributed by atoms with E-state index in [4.69, 9.17) is 4.74 Å². The summed E-state index contributed by atoms with van der Waals surface area (Å²) in [6.45, 7) is -5.95. The maximum atomic E-state index is 11.8. The van der Waals surface area contributed by atoms with E-state index in [0.29, 0.717) is 6.42 Å². The van der Waals surface area contributed by atoms with Gasteiger partial charge < -0.3 is 104 Å². The molecule has 362 valence electrons. The first kappa shape index (κ1) is 55.6. The lowest BCUT2D eigenvalue weighted by Gasteiger charge is -2.20. The molecule has 0 saturated heterocycles. The van der Waals surface area contributed by atoms with E-state index in [2.05, 4.69) is 99.5 Å². The predicted molar refractivity (Wildman–Crippen MR) is 176 cm³/mol. The van der Waals surface area contributed by atoms with Gasteiger partial charge in [0.25, 0.3) is 0 Å². The number of carbonyl (C=O) groups is 12. The SMILES string of the molecule is CCC(C)(C)C(=O)OCCOC(=O)OCOC(=O)OCOC(=O)OCOC(=O)OCOC(=O)OCOC(=O)OCOC(=O)OCOC(=O)OCOC(=O)OCOC(=O)OCC(=O)OC. The van der Waals surface area contributed by atoms with Crippen LogP contribution in [0.4, 0.5) is 47.9 Å². The fraction of sp³-hybridized carbons (Fsp3) is 0.600. The number of rotatable bonds is 25. The van der Waals surface area contributed by atoms with Gasteiger partial charge in [0, 0.05) is 0 Å². The Bertz CT molecular complexity index is 1550. The Labute approximate surface area is 356 Å². The summed E-state index contributed by atoms with van der Waals surface area (Å²) < 4.78 is 95.0. The first-order chi connectivity index (χ1) is 30.4. The third kappa shape index (κ3) is 31.5. The summed E-state index contributed by atoms with van der Waals surface area (Å²) in [7, 11) is 1.04. The van der Waals surface area contributed by atoms with Crippen molar-refractivity contribution in [1.82, 2.24) is 0 Å². The van der Waals surface area contributed by atoms with E-state index in [0.717, 1.165) is 7.11 Å². The smallest absolute Gasteiger partial charge is 0.466 e. The number of hydrogen-bond acceptors (Lipinski definition) is 34. The maximum absolute atomic E-state index is 11.8. The number of hydrogen-bond donors (Lipinski definition) is 0. The zero-order valence-corrected chi connectivity index (χ0v) is 33.6. The van der Waals surface area contributed by atoms with E-state index in [9.17, 15) is 57.5 Å². The Morgan fingerprint density at radius 2 is 0.516 bits per heavy atom. The summed E-state index contributed by atoms with van der Waals surface area (Å²) in [6.07, 6.45) is -14.4.